The molecule has 0 aromatic heterocycles. The van der Waals surface area contributed by atoms with Gasteiger partial charge in [-0.15, -0.1) is 0 Å². The molecule has 0 amide bonds. The molecular weight excluding hydrogens is 1480 g/mol. The summed E-state index contributed by atoms with van der Waals surface area (Å²) in [5, 5.41) is -13.1. The molecular formula is C60H37F28KO8S2. The second kappa shape index (κ2) is 27.4. The van der Waals surface area contributed by atoms with Crippen molar-refractivity contribution in [3.8, 4) is 51.4 Å². The van der Waals surface area contributed by atoms with Crippen molar-refractivity contribution in [2.75, 3.05) is 0 Å². The SMILES string of the molecule is CC(C)(C)Oc1ccc(C(c2ccc(Oc3c(F)c(F)c(-c4c(F)c(F)c(Oc5ccc(C(c6ccc(Oc7cc(SC(F)(F)C(F)(F)OC(F)(F)C(F)(F)S(=O)(=O)[O-])cc(C(C)(C)C)c7)cc6)(C(F)(F)F)C(F)(F)F)cc5)c(F)c4F)c(F)c3F)cc2)(C(F)(F)F)C(F)(F)F)cc1.[K+]. The summed E-state index contributed by atoms with van der Waals surface area (Å²) < 4.78 is 473. The average Bonchev–Trinajstić information content (AvgIpc) is 0.725. The summed E-state index contributed by atoms with van der Waals surface area (Å²) >= 11 is -1.43. The van der Waals surface area contributed by atoms with Crippen LogP contribution in [-0.2, 0) is 31.1 Å². The van der Waals surface area contributed by atoms with Crippen LogP contribution >= 0.6 is 11.8 Å². The van der Waals surface area contributed by atoms with Gasteiger partial charge < -0.3 is 23.5 Å². The maximum atomic E-state index is 15.8. The van der Waals surface area contributed by atoms with Crippen molar-refractivity contribution >= 4 is 21.9 Å². The Bertz CT molecular complexity index is 4160. The van der Waals surface area contributed by atoms with E-state index in [1.165, 1.54) is 41.5 Å². The van der Waals surface area contributed by atoms with Crippen LogP contribution in [0.1, 0.15) is 69.4 Å². The molecule has 0 aliphatic rings. The molecule has 0 saturated heterocycles. The van der Waals surface area contributed by atoms with E-state index in [-0.39, 0.29) is 123 Å². The average molecular weight is 1520 g/mol. The van der Waals surface area contributed by atoms with Gasteiger partial charge in [0.25, 0.3) is 0 Å². The molecule has 534 valence electrons. The summed E-state index contributed by atoms with van der Waals surface area (Å²) in [6.07, 6.45) is -39.3. The Hall–Kier alpha value is -6.36. The Balaban J connectivity index is 0.0000155. The number of hydrogen-bond acceptors (Lipinski definition) is 9. The molecule has 99 heavy (non-hydrogen) atoms. The van der Waals surface area contributed by atoms with Gasteiger partial charge in [-0.2, -0.15) is 105 Å². The Labute approximate surface area is 585 Å². The molecule has 0 aliphatic heterocycles. The van der Waals surface area contributed by atoms with Gasteiger partial charge in [0.05, 0.1) is 11.1 Å². The molecule has 0 aliphatic carbocycles. The van der Waals surface area contributed by atoms with E-state index in [1.807, 2.05) is 0 Å². The van der Waals surface area contributed by atoms with Crippen LogP contribution in [0.15, 0.2) is 120 Å². The van der Waals surface area contributed by atoms with E-state index in [1.54, 1.807) is 0 Å². The maximum Gasteiger partial charge on any atom is 1.00 e. The van der Waals surface area contributed by atoms with Crippen LogP contribution in [0, 0.1) is 46.5 Å². The van der Waals surface area contributed by atoms with Gasteiger partial charge >= 0.3 is 98.8 Å². The molecule has 0 atom stereocenters. The summed E-state index contributed by atoms with van der Waals surface area (Å²) in [6.45, 7) is 8.47. The molecule has 0 N–H and O–H groups in total. The molecule has 0 radical (unpaired) electrons. The van der Waals surface area contributed by atoms with Gasteiger partial charge in [0.2, 0.25) is 45.6 Å². The van der Waals surface area contributed by atoms with Crippen LogP contribution < -0.4 is 70.3 Å². The molecule has 0 unspecified atom stereocenters. The van der Waals surface area contributed by atoms with Crippen molar-refractivity contribution in [3.05, 3.63) is 190 Å². The molecule has 0 saturated carbocycles. The zero-order valence-electron chi connectivity index (χ0n) is 50.1. The first-order chi connectivity index (χ1) is 44.3. The van der Waals surface area contributed by atoms with Gasteiger partial charge in [-0.1, -0.05) is 69.3 Å². The summed E-state index contributed by atoms with van der Waals surface area (Å²) in [4.78, 5) is -1.15. The Morgan fingerprint density at radius 3 is 0.929 bits per heavy atom. The van der Waals surface area contributed by atoms with Gasteiger partial charge in [-0.3, -0.25) is 0 Å². The summed E-state index contributed by atoms with van der Waals surface area (Å²) in [7, 11) is -7.55. The zero-order chi connectivity index (χ0) is 74.5. The standard InChI is InChI=1S/C60H38F28O8S2.K/c1-49(2,3)30-23-35(25-36(24-30)97-59(85,86)57(81,82)96-58(83,84)60(87,88)98(89,90)91)92-31-15-7-26(8-16-31)51(53(69,70)71,54(72,73)74)27-9-17-32(18-10-27)93-47-43(65)39(61)37(40(62)44(47)66)38-41(63)45(67)48(46(68)42(38)64)94-33-19-11-28(12-20-33)52(55(75,76)77,56(78,79)80)29-13-21-34(22-14-29)95-50(4,5)6;/h7-25H,1-6H3,(H,89,90,91);/q;+1/p-1. The monoisotopic (exact) mass is 1520 g/mol. The quantitative estimate of drug-likeness (QED) is 0.0257. The number of alkyl halides is 20. The molecule has 0 fully saturated rings. The minimum atomic E-state index is -7.55. The molecule has 0 heterocycles. The van der Waals surface area contributed by atoms with E-state index >= 15 is 61.5 Å². The largest absolute Gasteiger partial charge is 1.00 e. The fraction of sp³-hybridized carbons (Fsp3) is 0.300. The van der Waals surface area contributed by atoms with Gasteiger partial charge in [-0.05, 0) is 132 Å². The van der Waals surface area contributed by atoms with Crippen LogP contribution in [0.2, 0.25) is 0 Å². The first kappa shape index (κ1) is 81.6. The summed E-state index contributed by atoms with van der Waals surface area (Å²) in [5.74, 6) is -32.1. The topological polar surface area (TPSA) is 103 Å². The first-order valence-electron chi connectivity index (χ1n) is 26.5. The maximum absolute atomic E-state index is 15.8. The van der Waals surface area contributed by atoms with Crippen LogP contribution in [-0.4, -0.2) is 66.0 Å². The van der Waals surface area contributed by atoms with Crippen molar-refractivity contribution < 1.29 is 211 Å². The molecule has 39 heteroatoms. The Morgan fingerprint density at radius 1 is 0.364 bits per heavy atom. The number of hydrogen-bond donors (Lipinski definition) is 0. The Kier molecular flexibility index (Phi) is 22.6. The zero-order valence-corrected chi connectivity index (χ0v) is 54.9. The Morgan fingerprint density at radius 2 is 0.657 bits per heavy atom. The fourth-order valence-electron chi connectivity index (χ4n) is 9.38. The van der Waals surface area contributed by atoms with Crippen molar-refractivity contribution in [1.29, 1.82) is 0 Å². The van der Waals surface area contributed by atoms with Crippen LogP contribution in [0.25, 0.3) is 11.1 Å². The first-order valence-corrected chi connectivity index (χ1v) is 28.7. The van der Waals surface area contributed by atoms with Gasteiger partial charge in [0.15, 0.2) is 33.4 Å². The number of rotatable bonds is 19. The molecule has 7 aromatic rings. The smallest absolute Gasteiger partial charge is 0.743 e. The van der Waals surface area contributed by atoms with Gasteiger partial charge in [0, 0.05) is 4.90 Å². The number of thioether (sulfide) groups is 1. The van der Waals surface area contributed by atoms with Crippen LogP contribution in [0.5, 0.6) is 40.2 Å². The van der Waals surface area contributed by atoms with Crippen molar-refractivity contribution in [1.82, 2.24) is 0 Å². The normalized spacial score (nSPS) is 13.7. The summed E-state index contributed by atoms with van der Waals surface area (Å²) in [5.41, 5.74) is -24.4. The summed E-state index contributed by atoms with van der Waals surface area (Å²) in [6, 6.07) is 5.87. The van der Waals surface area contributed by atoms with Gasteiger partial charge in [-0.25, -0.2) is 30.7 Å². The number of halogens is 28. The molecule has 0 spiro atoms. The van der Waals surface area contributed by atoms with E-state index in [9.17, 15) is 74.4 Å². The molecule has 7 aromatic carbocycles. The van der Waals surface area contributed by atoms with E-state index < -0.39 is 210 Å². The minimum Gasteiger partial charge on any atom is -0.743 e. The predicted octanol–water partition coefficient (Wildman–Crippen LogP) is 18.2. The van der Waals surface area contributed by atoms with E-state index in [4.69, 9.17) is 9.47 Å². The third kappa shape index (κ3) is 15.4. The van der Waals surface area contributed by atoms with Crippen LogP contribution in [0.4, 0.5) is 123 Å². The third-order valence-electron chi connectivity index (χ3n) is 13.9. The van der Waals surface area contributed by atoms with E-state index in [0.717, 1.165) is 18.2 Å². The molecule has 0 bridgehead atoms. The van der Waals surface area contributed by atoms with E-state index in [2.05, 4.69) is 14.2 Å². The second-order valence-electron chi connectivity index (χ2n) is 22.7. The molecule has 8 nitrogen and oxygen atoms in total. The van der Waals surface area contributed by atoms with Crippen LogP contribution in [0.3, 0.4) is 0 Å². The van der Waals surface area contributed by atoms with Crippen molar-refractivity contribution in [2.24, 2.45) is 0 Å². The number of benzene rings is 7. The van der Waals surface area contributed by atoms with Crippen molar-refractivity contribution in [3.63, 3.8) is 0 Å². The second-order valence-corrected chi connectivity index (χ2v) is 25.3. The van der Waals surface area contributed by atoms with E-state index in [0.29, 0.717) is 36.4 Å². The minimum absolute atomic E-state index is 0. The van der Waals surface area contributed by atoms with Gasteiger partial charge in [0.1, 0.15) is 34.3 Å². The fourth-order valence-corrected chi connectivity index (χ4v) is 10.5. The van der Waals surface area contributed by atoms with Crippen molar-refractivity contribution in [2.45, 2.75) is 116 Å². The predicted molar refractivity (Wildman–Crippen MR) is 285 cm³/mol. The number of ether oxygens (including phenoxy) is 5. The molecule has 7 rings (SSSR count). The third-order valence-corrected chi connectivity index (χ3v) is 15.7.